The van der Waals surface area contributed by atoms with E-state index < -0.39 is 0 Å². The molecule has 1 aromatic rings. The van der Waals surface area contributed by atoms with Crippen molar-refractivity contribution >= 4 is 5.82 Å². The molecular formula is C13H20N4O. The molecule has 18 heavy (non-hydrogen) atoms. The Balaban J connectivity index is 1.74. The van der Waals surface area contributed by atoms with E-state index in [4.69, 9.17) is 4.98 Å². The summed E-state index contributed by atoms with van der Waals surface area (Å²) in [5, 5.41) is 13.0. The van der Waals surface area contributed by atoms with E-state index in [0.717, 1.165) is 50.4 Å². The molecule has 0 saturated carbocycles. The van der Waals surface area contributed by atoms with Crippen molar-refractivity contribution in [1.82, 2.24) is 15.3 Å². The normalized spacial score (nSPS) is 25.6. The van der Waals surface area contributed by atoms with Crippen LogP contribution in [-0.2, 0) is 0 Å². The second-order valence-corrected chi connectivity index (χ2v) is 5.17. The highest BCUT2D eigenvalue weighted by Crippen LogP contribution is 2.23. The third kappa shape index (κ3) is 2.47. The van der Waals surface area contributed by atoms with Gasteiger partial charge < -0.3 is 15.3 Å². The van der Waals surface area contributed by atoms with E-state index in [9.17, 15) is 5.11 Å². The van der Waals surface area contributed by atoms with Crippen molar-refractivity contribution in [1.29, 1.82) is 0 Å². The first-order chi connectivity index (χ1) is 8.83. The van der Waals surface area contributed by atoms with Crippen molar-refractivity contribution in [3.05, 3.63) is 18.1 Å². The summed E-state index contributed by atoms with van der Waals surface area (Å²) < 4.78 is 0. The minimum atomic E-state index is -0.145. The van der Waals surface area contributed by atoms with Gasteiger partial charge in [-0.1, -0.05) is 0 Å². The number of piperidine rings is 1. The Morgan fingerprint density at radius 2 is 2.06 bits per heavy atom. The lowest BCUT2D eigenvalue weighted by Gasteiger charge is -2.30. The third-order valence-corrected chi connectivity index (χ3v) is 3.85. The summed E-state index contributed by atoms with van der Waals surface area (Å²) in [6.07, 6.45) is 7.57. The van der Waals surface area contributed by atoms with Gasteiger partial charge in [0.15, 0.2) is 0 Å². The molecule has 3 heterocycles. The molecular weight excluding hydrogens is 228 g/mol. The fourth-order valence-corrected chi connectivity index (χ4v) is 2.72. The first kappa shape index (κ1) is 11.9. The van der Waals surface area contributed by atoms with Gasteiger partial charge in [-0.15, -0.1) is 0 Å². The van der Waals surface area contributed by atoms with Crippen molar-refractivity contribution in [2.24, 2.45) is 0 Å². The zero-order valence-corrected chi connectivity index (χ0v) is 10.5. The van der Waals surface area contributed by atoms with Crippen LogP contribution in [0.2, 0.25) is 0 Å². The molecule has 2 N–H and O–H groups in total. The van der Waals surface area contributed by atoms with E-state index in [1.54, 1.807) is 0 Å². The van der Waals surface area contributed by atoms with E-state index in [0.29, 0.717) is 6.04 Å². The number of nitrogens with zero attached hydrogens (tertiary/aromatic N) is 3. The molecule has 98 valence electrons. The Morgan fingerprint density at radius 1 is 1.22 bits per heavy atom. The van der Waals surface area contributed by atoms with Gasteiger partial charge in [-0.3, -0.25) is 4.98 Å². The highest BCUT2D eigenvalue weighted by atomic mass is 16.3. The lowest BCUT2D eigenvalue weighted by Crippen LogP contribution is -2.36. The molecule has 2 aliphatic heterocycles. The van der Waals surface area contributed by atoms with E-state index in [1.807, 2.05) is 12.4 Å². The number of nitrogens with one attached hydrogen (secondary N) is 1. The quantitative estimate of drug-likeness (QED) is 0.813. The van der Waals surface area contributed by atoms with Crippen LogP contribution in [0, 0.1) is 0 Å². The molecule has 0 bridgehead atoms. The van der Waals surface area contributed by atoms with Crippen LogP contribution >= 0.6 is 0 Å². The second kappa shape index (κ2) is 5.20. The molecule has 2 aliphatic rings. The van der Waals surface area contributed by atoms with Crippen LogP contribution in [0.15, 0.2) is 12.4 Å². The van der Waals surface area contributed by atoms with Gasteiger partial charge in [-0.25, -0.2) is 4.98 Å². The van der Waals surface area contributed by atoms with Crippen molar-refractivity contribution in [2.75, 3.05) is 24.5 Å². The minimum Gasteiger partial charge on any atom is -0.393 e. The molecule has 0 amide bonds. The molecule has 2 saturated heterocycles. The number of anilines is 1. The molecule has 0 aromatic carbocycles. The zero-order valence-electron chi connectivity index (χ0n) is 10.5. The molecule has 0 radical (unpaired) electrons. The summed E-state index contributed by atoms with van der Waals surface area (Å²) in [5.41, 5.74) is 1.05. The van der Waals surface area contributed by atoms with Crippen LogP contribution in [0.5, 0.6) is 0 Å². The van der Waals surface area contributed by atoms with Crippen molar-refractivity contribution in [3.63, 3.8) is 0 Å². The van der Waals surface area contributed by atoms with Gasteiger partial charge in [0.05, 0.1) is 30.2 Å². The zero-order chi connectivity index (χ0) is 12.4. The van der Waals surface area contributed by atoms with Crippen LogP contribution < -0.4 is 10.2 Å². The van der Waals surface area contributed by atoms with Crippen LogP contribution in [0.4, 0.5) is 5.82 Å². The summed E-state index contributed by atoms with van der Waals surface area (Å²) in [5.74, 6) is 0.952. The van der Waals surface area contributed by atoms with E-state index in [-0.39, 0.29) is 6.10 Å². The van der Waals surface area contributed by atoms with Crippen molar-refractivity contribution in [3.8, 4) is 0 Å². The van der Waals surface area contributed by atoms with Crippen LogP contribution in [0.25, 0.3) is 0 Å². The van der Waals surface area contributed by atoms with Gasteiger partial charge in [0.1, 0.15) is 5.82 Å². The Kier molecular flexibility index (Phi) is 3.43. The smallest absolute Gasteiger partial charge is 0.147 e. The first-order valence-electron chi connectivity index (χ1n) is 6.81. The Morgan fingerprint density at radius 3 is 2.78 bits per heavy atom. The molecule has 2 fully saturated rings. The second-order valence-electron chi connectivity index (χ2n) is 5.17. The highest BCUT2D eigenvalue weighted by Gasteiger charge is 2.21. The van der Waals surface area contributed by atoms with Gasteiger partial charge in [-0.2, -0.15) is 0 Å². The van der Waals surface area contributed by atoms with Gasteiger partial charge in [0.25, 0.3) is 0 Å². The topological polar surface area (TPSA) is 61.3 Å². The number of aliphatic hydroxyl groups excluding tert-OH is 1. The Hall–Kier alpha value is -1.20. The molecule has 3 rings (SSSR count). The summed E-state index contributed by atoms with van der Waals surface area (Å²) in [4.78, 5) is 11.3. The monoisotopic (exact) mass is 248 g/mol. The summed E-state index contributed by atoms with van der Waals surface area (Å²) in [6.45, 7) is 2.82. The standard InChI is InChI=1S/C13H20N4O/c18-10-3-6-17(7-4-10)13-9-14-8-12(16-13)11-2-1-5-15-11/h8-11,15,18H,1-7H2/t11-/m0/s1. The molecule has 1 aromatic heterocycles. The third-order valence-electron chi connectivity index (χ3n) is 3.85. The van der Waals surface area contributed by atoms with Crippen LogP contribution in [-0.4, -0.2) is 40.8 Å². The molecule has 0 aliphatic carbocycles. The van der Waals surface area contributed by atoms with Crippen LogP contribution in [0.3, 0.4) is 0 Å². The predicted octanol–water partition coefficient (Wildman–Crippen LogP) is 0.862. The summed E-state index contributed by atoms with van der Waals surface area (Å²) in [6, 6.07) is 0.368. The maximum Gasteiger partial charge on any atom is 0.147 e. The maximum absolute atomic E-state index is 9.53. The average Bonchev–Trinajstić information content (AvgIpc) is 2.94. The average molecular weight is 248 g/mol. The molecule has 5 heteroatoms. The van der Waals surface area contributed by atoms with E-state index >= 15 is 0 Å². The largest absolute Gasteiger partial charge is 0.393 e. The Bertz CT molecular complexity index is 398. The number of hydrogen-bond acceptors (Lipinski definition) is 5. The van der Waals surface area contributed by atoms with Gasteiger partial charge >= 0.3 is 0 Å². The molecule has 5 nitrogen and oxygen atoms in total. The number of rotatable bonds is 2. The van der Waals surface area contributed by atoms with Gasteiger partial charge in [0, 0.05) is 13.1 Å². The summed E-state index contributed by atoms with van der Waals surface area (Å²) in [7, 11) is 0. The summed E-state index contributed by atoms with van der Waals surface area (Å²) >= 11 is 0. The first-order valence-corrected chi connectivity index (χ1v) is 6.81. The maximum atomic E-state index is 9.53. The fraction of sp³-hybridized carbons (Fsp3) is 0.692. The molecule has 1 atom stereocenters. The van der Waals surface area contributed by atoms with Gasteiger partial charge in [-0.05, 0) is 32.2 Å². The molecule has 0 spiro atoms. The van der Waals surface area contributed by atoms with E-state index in [2.05, 4.69) is 15.2 Å². The lowest BCUT2D eigenvalue weighted by atomic mass is 10.1. The highest BCUT2D eigenvalue weighted by molar-refractivity contribution is 5.37. The SMILES string of the molecule is OC1CCN(c2cncc([C@@H]3CCCN3)n2)CC1. The van der Waals surface area contributed by atoms with Gasteiger partial charge in [0.2, 0.25) is 0 Å². The van der Waals surface area contributed by atoms with Crippen molar-refractivity contribution in [2.45, 2.75) is 37.8 Å². The number of aromatic nitrogens is 2. The lowest BCUT2D eigenvalue weighted by molar-refractivity contribution is 0.145. The predicted molar refractivity (Wildman–Crippen MR) is 69.5 cm³/mol. The van der Waals surface area contributed by atoms with Crippen LogP contribution in [0.1, 0.15) is 37.4 Å². The fourth-order valence-electron chi connectivity index (χ4n) is 2.72. The van der Waals surface area contributed by atoms with E-state index in [1.165, 1.54) is 6.42 Å². The van der Waals surface area contributed by atoms with Crippen molar-refractivity contribution < 1.29 is 5.11 Å². The number of aliphatic hydroxyl groups is 1. The Labute approximate surface area is 107 Å². The molecule has 0 unspecified atom stereocenters. The minimum absolute atomic E-state index is 0.145. The number of hydrogen-bond donors (Lipinski definition) is 2.